The third-order valence-corrected chi connectivity index (χ3v) is 7.42. The van der Waals surface area contributed by atoms with E-state index in [4.69, 9.17) is 4.84 Å². The van der Waals surface area contributed by atoms with Gasteiger partial charge in [-0.15, -0.1) is 11.8 Å². The first-order chi connectivity index (χ1) is 17.5. The first-order valence-electron chi connectivity index (χ1n) is 11.0. The molecular weight excluding hydrogens is 528 g/mol. The largest absolute Gasteiger partial charge is 0.416 e. The number of benzene rings is 2. The number of thiazole rings is 1. The summed E-state index contributed by atoms with van der Waals surface area (Å²) in [6.07, 6.45) is -4.45. The van der Waals surface area contributed by atoms with Gasteiger partial charge in [-0.25, -0.2) is 14.9 Å². The number of carbonyl (C=O) groups excluding carboxylic acids is 1. The van der Waals surface area contributed by atoms with Gasteiger partial charge in [0, 0.05) is 16.4 Å². The van der Waals surface area contributed by atoms with Crippen LogP contribution in [0.1, 0.15) is 35.6 Å². The van der Waals surface area contributed by atoms with Crippen LogP contribution in [-0.2, 0) is 11.0 Å². The van der Waals surface area contributed by atoms with Gasteiger partial charge < -0.3 is 0 Å². The van der Waals surface area contributed by atoms with Crippen LogP contribution in [-0.4, -0.2) is 33.0 Å². The predicted octanol–water partition coefficient (Wildman–Crippen LogP) is 6.92. The van der Waals surface area contributed by atoms with E-state index < -0.39 is 23.5 Å². The molecule has 1 amide bonds. The third-order valence-electron chi connectivity index (χ3n) is 5.18. The summed E-state index contributed by atoms with van der Waals surface area (Å²) in [6.45, 7) is 5.66. The molecule has 0 bridgehead atoms. The summed E-state index contributed by atoms with van der Waals surface area (Å²) in [5.74, 6) is -1.09. The number of nitrogens with zero attached hydrogens (tertiary/aromatic N) is 3. The molecule has 194 valence electrons. The van der Waals surface area contributed by atoms with E-state index in [1.54, 1.807) is 13.0 Å². The number of amides is 1. The van der Waals surface area contributed by atoms with E-state index in [9.17, 15) is 22.4 Å². The molecule has 0 aliphatic rings. The van der Waals surface area contributed by atoms with Gasteiger partial charge in [-0.05, 0) is 36.8 Å². The van der Waals surface area contributed by atoms with Crippen LogP contribution in [0.25, 0.3) is 27.5 Å². The molecule has 2 aromatic carbocycles. The number of hydroxylamine groups is 1. The van der Waals surface area contributed by atoms with Crippen LogP contribution >= 0.6 is 23.1 Å². The zero-order chi connectivity index (χ0) is 26.9. The minimum absolute atomic E-state index is 0.0822. The number of aryl methyl sites for hydroxylation is 1. The van der Waals surface area contributed by atoms with Crippen molar-refractivity contribution in [1.29, 1.82) is 0 Å². The molecule has 1 N–H and O–H groups in total. The highest BCUT2D eigenvalue weighted by atomic mass is 32.2. The average molecular weight is 551 g/mol. The van der Waals surface area contributed by atoms with Crippen LogP contribution in [0.3, 0.4) is 0 Å². The number of thioether (sulfide) groups is 1. The number of alkyl halides is 3. The summed E-state index contributed by atoms with van der Waals surface area (Å²) < 4.78 is 55.4. The molecule has 4 aromatic rings. The van der Waals surface area contributed by atoms with Crippen LogP contribution in [0.15, 0.2) is 52.7 Å². The Balaban J connectivity index is 1.90. The Labute approximate surface area is 218 Å². The van der Waals surface area contributed by atoms with Crippen molar-refractivity contribution in [2.75, 3.05) is 7.11 Å². The molecule has 0 saturated carbocycles. The van der Waals surface area contributed by atoms with Crippen LogP contribution in [0.2, 0.25) is 0 Å². The maximum atomic E-state index is 14.0. The second-order valence-electron chi connectivity index (χ2n) is 8.24. The quantitative estimate of drug-likeness (QED) is 0.154. The molecule has 2 heterocycles. The van der Waals surface area contributed by atoms with Crippen molar-refractivity contribution in [3.8, 4) is 27.5 Å². The van der Waals surface area contributed by atoms with E-state index in [-0.39, 0.29) is 10.9 Å². The molecule has 2 aromatic heterocycles. The zero-order valence-corrected chi connectivity index (χ0v) is 21.8. The molecule has 12 heteroatoms. The Kier molecular flexibility index (Phi) is 7.72. The van der Waals surface area contributed by atoms with Crippen molar-refractivity contribution in [2.45, 2.75) is 36.4 Å². The van der Waals surface area contributed by atoms with E-state index in [0.717, 1.165) is 16.3 Å². The second kappa shape index (κ2) is 10.6. The molecular formula is C25H22F4N4O2S2. The van der Waals surface area contributed by atoms with E-state index >= 15 is 0 Å². The highest BCUT2D eigenvalue weighted by Crippen LogP contribution is 2.41. The first-order valence-corrected chi connectivity index (χ1v) is 12.7. The molecule has 0 aliphatic carbocycles. The van der Waals surface area contributed by atoms with Gasteiger partial charge in [0.05, 0.1) is 28.3 Å². The van der Waals surface area contributed by atoms with Crippen molar-refractivity contribution in [1.82, 2.24) is 20.2 Å². The third kappa shape index (κ3) is 5.71. The summed E-state index contributed by atoms with van der Waals surface area (Å²) in [6, 6.07) is 10.6. The minimum Gasteiger partial charge on any atom is -0.277 e. The molecule has 0 radical (unpaired) electrons. The molecule has 37 heavy (non-hydrogen) atoms. The number of hydrogen-bond acceptors (Lipinski definition) is 6. The molecule has 0 unspecified atom stereocenters. The standard InChI is InChI=1S/C25H22F4N4O2S2/c1-13(2)36-23-20(15-8-10-17(11-9-15)25(27,28)29)30-24(37-23)33-21(22(34)32-35-4)19(14(3)31-33)16-6-5-7-18(26)12-16/h5-13H,1-4H3,(H,32,34). The van der Waals surface area contributed by atoms with Gasteiger partial charge in [0.1, 0.15) is 11.5 Å². The Morgan fingerprint density at radius 2 is 1.84 bits per heavy atom. The number of nitrogens with one attached hydrogen (secondary N) is 1. The second-order valence-corrected chi connectivity index (χ2v) is 11.1. The van der Waals surface area contributed by atoms with Gasteiger partial charge in [-0.2, -0.15) is 23.0 Å². The van der Waals surface area contributed by atoms with Gasteiger partial charge in [-0.3, -0.25) is 9.63 Å². The number of carbonyl (C=O) groups is 1. The first kappa shape index (κ1) is 26.8. The zero-order valence-electron chi connectivity index (χ0n) is 20.2. The number of aromatic nitrogens is 3. The fourth-order valence-corrected chi connectivity index (χ4v) is 6.16. The maximum Gasteiger partial charge on any atom is 0.416 e. The normalized spacial score (nSPS) is 11.8. The number of hydrogen-bond donors (Lipinski definition) is 1. The minimum atomic E-state index is -4.45. The van der Waals surface area contributed by atoms with Crippen LogP contribution < -0.4 is 5.48 Å². The van der Waals surface area contributed by atoms with Gasteiger partial charge in [-0.1, -0.05) is 49.4 Å². The van der Waals surface area contributed by atoms with E-state index in [0.29, 0.717) is 33.2 Å². The number of rotatable bonds is 7. The molecule has 0 atom stereocenters. The summed E-state index contributed by atoms with van der Waals surface area (Å²) in [5.41, 5.74) is 3.89. The van der Waals surface area contributed by atoms with Crippen molar-refractivity contribution >= 4 is 29.0 Å². The lowest BCUT2D eigenvalue weighted by atomic mass is 10.0. The lowest BCUT2D eigenvalue weighted by Crippen LogP contribution is -2.25. The SMILES string of the molecule is CONC(=O)c1c(-c2cccc(F)c2)c(C)nn1-c1nc(-c2ccc(C(F)(F)F)cc2)c(SC(C)C)s1. The van der Waals surface area contributed by atoms with Crippen molar-refractivity contribution in [3.05, 3.63) is 71.3 Å². The molecule has 0 aliphatic heterocycles. The van der Waals surface area contributed by atoms with Crippen molar-refractivity contribution in [3.63, 3.8) is 0 Å². The molecule has 0 spiro atoms. The molecule has 0 fully saturated rings. The topological polar surface area (TPSA) is 69.0 Å². The number of halogens is 4. The van der Waals surface area contributed by atoms with Gasteiger partial charge in [0.2, 0.25) is 5.13 Å². The Bertz CT molecular complexity index is 1430. The van der Waals surface area contributed by atoms with Crippen molar-refractivity contribution in [2.24, 2.45) is 0 Å². The predicted molar refractivity (Wildman–Crippen MR) is 135 cm³/mol. The smallest absolute Gasteiger partial charge is 0.277 e. The monoisotopic (exact) mass is 550 g/mol. The highest BCUT2D eigenvalue weighted by molar-refractivity contribution is 8.01. The summed E-state index contributed by atoms with van der Waals surface area (Å²) in [7, 11) is 1.29. The van der Waals surface area contributed by atoms with E-state index in [2.05, 4.69) is 15.6 Å². The Morgan fingerprint density at radius 3 is 2.43 bits per heavy atom. The highest BCUT2D eigenvalue weighted by Gasteiger charge is 2.31. The van der Waals surface area contributed by atoms with Crippen molar-refractivity contribution < 1.29 is 27.2 Å². The van der Waals surface area contributed by atoms with Gasteiger partial charge >= 0.3 is 6.18 Å². The summed E-state index contributed by atoms with van der Waals surface area (Å²) in [4.78, 5) is 22.6. The molecule has 0 saturated heterocycles. The average Bonchev–Trinajstić information content (AvgIpc) is 3.39. The van der Waals surface area contributed by atoms with Gasteiger partial charge in [0.25, 0.3) is 5.91 Å². The fourth-order valence-electron chi connectivity index (χ4n) is 3.69. The van der Waals surface area contributed by atoms with E-state index in [1.165, 1.54) is 65.2 Å². The summed E-state index contributed by atoms with van der Waals surface area (Å²) in [5, 5.41) is 5.01. The maximum absolute atomic E-state index is 14.0. The van der Waals surface area contributed by atoms with Crippen LogP contribution in [0, 0.1) is 12.7 Å². The van der Waals surface area contributed by atoms with Crippen LogP contribution in [0.5, 0.6) is 0 Å². The Hall–Kier alpha value is -3.22. The summed E-state index contributed by atoms with van der Waals surface area (Å²) >= 11 is 2.75. The fraction of sp³-hybridized carbons (Fsp3) is 0.240. The van der Waals surface area contributed by atoms with Gasteiger partial charge in [0.15, 0.2) is 0 Å². The lowest BCUT2D eigenvalue weighted by molar-refractivity contribution is -0.137. The molecule has 6 nitrogen and oxygen atoms in total. The van der Waals surface area contributed by atoms with Crippen LogP contribution in [0.4, 0.5) is 17.6 Å². The van der Waals surface area contributed by atoms with E-state index in [1.807, 2.05) is 13.8 Å². The Morgan fingerprint density at radius 1 is 1.14 bits per heavy atom. The lowest BCUT2D eigenvalue weighted by Gasteiger charge is -2.08. The molecule has 4 rings (SSSR count).